The average Bonchev–Trinajstić information content (AvgIpc) is 2.87. The van der Waals surface area contributed by atoms with Crippen LogP contribution in [0.3, 0.4) is 0 Å². The second-order valence-corrected chi connectivity index (χ2v) is 9.11. The minimum absolute atomic E-state index is 0.000204. The first-order valence-electron chi connectivity index (χ1n) is 10.7. The Hall–Kier alpha value is -1.89. The number of carbonyl (C=O) groups excluding carboxylic acids is 2. The van der Waals surface area contributed by atoms with E-state index in [2.05, 4.69) is 10.4 Å². The van der Waals surface area contributed by atoms with Crippen LogP contribution in [0.15, 0.2) is 6.07 Å². The molecule has 1 aromatic rings. The van der Waals surface area contributed by atoms with Crippen molar-refractivity contribution in [2.75, 3.05) is 13.2 Å². The topological polar surface area (TPSA) is 76.5 Å². The molecule has 1 saturated heterocycles. The van der Waals surface area contributed by atoms with Gasteiger partial charge in [0.05, 0.1) is 30.1 Å². The maximum absolute atomic E-state index is 12.6. The van der Waals surface area contributed by atoms with Crippen molar-refractivity contribution < 1.29 is 14.3 Å². The van der Waals surface area contributed by atoms with Crippen molar-refractivity contribution in [3.63, 3.8) is 0 Å². The third-order valence-electron chi connectivity index (χ3n) is 6.34. The fraction of sp³-hybridized carbons (Fsp3) is 0.762. The van der Waals surface area contributed by atoms with Crippen LogP contribution in [-0.2, 0) is 34.0 Å². The van der Waals surface area contributed by atoms with Gasteiger partial charge in [0.25, 0.3) is 0 Å². The van der Waals surface area contributed by atoms with Crippen LogP contribution in [0.2, 0.25) is 0 Å². The van der Waals surface area contributed by atoms with E-state index in [0.29, 0.717) is 25.6 Å². The molecule has 2 amide bonds. The molecule has 2 fully saturated rings. The summed E-state index contributed by atoms with van der Waals surface area (Å²) in [6, 6.07) is 2.04. The van der Waals surface area contributed by atoms with Crippen molar-refractivity contribution in [3.05, 3.63) is 17.5 Å². The highest BCUT2D eigenvalue weighted by atomic mass is 16.5. The van der Waals surface area contributed by atoms with Gasteiger partial charge in [-0.25, -0.2) is 0 Å². The number of amides is 2. The smallest absolute Gasteiger partial charge is 0.226 e. The monoisotopic (exact) mass is 388 g/mol. The van der Waals surface area contributed by atoms with Gasteiger partial charge in [-0.3, -0.25) is 14.3 Å². The summed E-state index contributed by atoms with van der Waals surface area (Å²) in [6.45, 7) is 7.41. The molecule has 1 N–H and O–H groups in total. The van der Waals surface area contributed by atoms with Crippen LogP contribution in [0.25, 0.3) is 0 Å². The van der Waals surface area contributed by atoms with Gasteiger partial charge in [0, 0.05) is 31.5 Å². The Balaban J connectivity index is 1.34. The summed E-state index contributed by atoms with van der Waals surface area (Å²) in [7, 11) is 0. The number of aryl methyl sites for hydroxylation is 1. The van der Waals surface area contributed by atoms with Crippen molar-refractivity contribution in [1.29, 1.82) is 0 Å². The lowest BCUT2D eigenvalue weighted by atomic mass is 9.84. The fourth-order valence-electron chi connectivity index (χ4n) is 4.49. The van der Waals surface area contributed by atoms with E-state index >= 15 is 0 Å². The number of hydrogen-bond donors (Lipinski definition) is 1. The molecule has 1 aromatic heterocycles. The SMILES string of the molecule is CC1(C)CC(C(=O)NCc2cc3n(n2)CCCN(C(=O)C2CCC2)C3)CCO1. The normalized spacial score (nSPS) is 24.8. The number of aromatic nitrogens is 2. The quantitative estimate of drug-likeness (QED) is 0.858. The molecule has 0 bridgehead atoms. The molecule has 0 spiro atoms. The second-order valence-electron chi connectivity index (χ2n) is 9.11. The van der Waals surface area contributed by atoms with Gasteiger partial charge in [-0.15, -0.1) is 0 Å². The summed E-state index contributed by atoms with van der Waals surface area (Å²) in [6.07, 6.45) is 5.69. The lowest BCUT2D eigenvalue weighted by Gasteiger charge is -2.34. The Bertz CT molecular complexity index is 738. The largest absolute Gasteiger partial charge is 0.376 e. The van der Waals surface area contributed by atoms with Crippen LogP contribution in [0.5, 0.6) is 0 Å². The Labute approximate surface area is 166 Å². The average molecular weight is 389 g/mol. The second kappa shape index (κ2) is 7.85. The number of nitrogens with one attached hydrogen (secondary N) is 1. The standard InChI is InChI=1S/C21H32N4O3/c1-21(2)12-16(7-10-28-21)19(26)22-13-17-11-18-14-24(8-4-9-25(18)23-17)20(27)15-5-3-6-15/h11,15-16H,3-10,12-14H2,1-2H3,(H,22,26). The lowest BCUT2D eigenvalue weighted by molar-refractivity contribution is -0.138. The molecule has 1 unspecified atom stereocenters. The van der Waals surface area contributed by atoms with E-state index in [1.165, 1.54) is 6.42 Å². The zero-order valence-corrected chi connectivity index (χ0v) is 17.1. The third-order valence-corrected chi connectivity index (χ3v) is 6.34. The van der Waals surface area contributed by atoms with Gasteiger partial charge in [-0.2, -0.15) is 5.10 Å². The molecule has 3 aliphatic rings. The molecule has 7 nitrogen and oxygen atoms in total. The Morgan fingerprint density at radius 2 is 2.04 bits per heavy atom. The Morgan fingerprint density at radius 1 is 1.21 bits per heavy atom. The summed E-state index contributed by atoms with van der Waals surface area (Å²) in [4.78, 5) is 27.2. The number of hydrogen-bond acceptors (Lipinski definition) is 4. The number of fused-ring (bicyclic) bond motifs is 1. The first-order valence-corrected chi connectivity index (χ1v) is 10.7. The molecule has 1 saturated carbocycles. The van der Waals surface area contributed by atoms with E-state index in [9.17, 15) is 9.59 Å². The van der Waals surface area contributed by atoms with Gasteiger partial charge in [0.2, 0.25) is 11.8 Å². The molecule has 2 aliphatic heterocycles. The predicted molar refractivity (Wildman–Crippen MR) is 104 cm³/mol. The molecule has 0 radical (unpaired) electrons. The van der Waals surface area contributed by atoms with Crippen molar-refractivity contribution in [3.8, 4) is 0 Å². The molecule has 3 heterocycles. The van der Waals surface area contributed by atoms with Gasteiger partial charge >= 0.3 is 0 Å². The molecular formula is C21H32N4O3. The zero-order valence-electron chi connectivity index (χ0n) is 17.1. The van der Waals surface area contributed by atoms with E-state index in [1.807, 2.05) is 29.5 Å². The highest BCUT2D eigenvalue weighted by Crippen LogP contribution is 2.30. The molecule has 1 aliphatic carbocycles. The number of ether oxygens (including phenoxy) is 1. The van der Waals surface area contributed by atoms with E-state index in [-0.39, 0.29) is 23.3 Å². The van der Waals surface area contributed by atoms with Crippen LogP contribution in [0, 0.1) is 11.8 Å². The first kappa shape index (κ1) is 19.4. The van der Waals surface area contributed by atoms with Gasteiger partial charge < -0.3 is 15.0 Å². The van der Waals surface area contributed by atoms with Crippen molar-refractivity contribution in [1.82, 2.24) is 20.0 Å². The summed E-state index contributed by atoms with van der Waals surface area (Å²) in [5, 5.41) is 7.72. The molecule has 1 atom stereocenters. The molecular weight excluding hydrogens is 356 g/mol. The lowest BCUT2D eigenvalue weighted by Crippen LogP contribution is -2.41. The maximum Gasteiger partial charge on any atom is 0.226 e. The van der Waals surface area contributed by atoms with Crippen molar-refractivity contribution in [2.24, 2.45) is 11.8 Å². The fourth-order valence-corrected chi connectivity index (χ4v) is 4.49. The molecule has 4 rings (SSSR count). The van der Waals surface area contributed by atoms with Crippen LogP contribution in [0.1, 0.15) is 63.8 Å². The number of nitrogens with zero attached hydrogens (tertiary/aromatic N) is 3. The van der Waals surface area contributed by atoms with E-state index in [0.717, 1.165) is 56.6 Å². The van der Waals surface area contributed by atoms with E-state index in [1.54, 1.807) is 0 Å². The molecule has 28 heavy (non-hydrogen) atoms. The highest BCUT2D eigenvalue weighted by molar-refractivity contribution is 5.79. The van der Waals surface area contributed by atoms with Crippen LogP contribution < -0.4 is 5.32 Å². The van der Waals surface area contributed by atoms with Crippen LogP contribution >= 0.6 is 0 Å². The van der Waals surface area contributed by atoms with E-state index in [4.69, 9.17) is 4.74 Å². The van der Waals surface area contributed by atoms with Gasteiger partial charge in [0.15, 0.2) is 0 Å². The third kappa shape index (κ3) is 4.24. The Morgan fingerprint density at radius 3 is 2.75 bits per heavy atom. The molecule has 0 aromatic carbocycles. The van der Waals surface area contributed by atoms with E-state index < -0.39 is 0 Å². The van der Waals surface area contributed by atoms with Crippen molar-refractivity contribution in [2.45, 2.75) is 77.6 Å². The van der Waals surface area contributed by atoms with Gasteiger partial charge in [-0.1, -0.05) is 6.42 Å². The number of rotatable bonds is 4. The summed E-state index contributed by atoms with van der Waals surface area (Å²) in [5.41, 5.74) is 1.71. The molecule has 7 heteroatoms. The summed E-state index contributed by atoms with van der Waals surface area (Å²) in [5.74, 6) is 0.621. The van der Waals surface area contributed by atoms with Crippen molar-refractivity contribution >= 4 is 11.8 Å². The maximum atomic E-state index is 12.6. The van der Waals surface area contributed by atoms with Crippen LogP contribution in [-0.4, -0.2) is 45.2 Å². The Kier molecular flexibility index (Phi) is 5.45. The van der Waals surface area contributed by atoms with Gasteiger partial charge in [-0.05, 0) is 52.0 Å². The number of carbonyl (C=O) groups is 2. The minimum atomic E-state index is -0.234. The minimum Gasteiger partial charge on any atom is -0.376 e. The van der Waals surface area contributed by atoms with Gasteiger partial charge in [0.1, 0.15) is 0 Å². The highest BCUT2D eigenvalue weighted by Gasteiger charge is 2.33. The van der Waals surface area contributed by atoms with Crippen LogP contribution in [0.4, 0.5) is 0 Å². The zero-order chi connectivity index (χ0) is 19.7. The summed E-state index contributed by atoms with van der Waals surface area (Å²) < 4.78 is 7.71. The first-order chi connectivity index (χ1) is 13.4. The molecule has 154 valence electrons. The predicted octanol–water partition coefficient (Wildman–Crippen LogP) is 2.24. The summed E-state index contributed by atoms with van der Waals surface area (Å²) >= 11 is 0.